The van der Waals surface area contributed by atoms with E-state index in [2.05, 4.69) is 5.32 Å². The number of hydrogen-bond acceptors (Lipinski definition) is 4. The Labute approximate surface area is 128 Å². The monoisotopic (exact) mass is 308 g/mol. The number of carbonyl (C=O) groups is 2. The molecule has 6 heteroatoms. The van der Waals surface area contributed by atoms with Crippen LogP contribution in [-0.4, -0.2) is 49.6 Å². The van der Waals surface area contributed by atoms with Gasteiger partial charge in [-0.1, -0.05) is 23.7 Å². The molecular formula is C15H17ClN2O3. The van der Waals surface area contributed by atoms with Crippen LogP contribution >= 0.6 is 11.6 Å². The van der Waals surface area contributed by atoms with Crippen molar-refractivity contribution in [3.05, 3.63) is 40.9 Å². The third-order valence-electron chi connectivity index (χ3n) is 3.27. The first-order valence-corrected chi connectivity index (χ1v) is 7.02. The highest BCUT2D eigenvalue weighted by molar-refractivity contribution is 6.30. The van der Waals surface area contributed by atoms with Crippen molar-refractivity contribution in [3.8, 4) is 0 Å². The molecule has 1 aromatic carbocycles. The van der Waals surface area contributed by atoms with Crippen LogP contribution in [0.3, 0.4) is 0 Å². The molecule has 21 heavy (non-hydrogen) atoms. The zero-order valence-corrected chi connectivity index (χ0v) is 12.5. The van der Waals surface area contributed by atoms with Gasteiger partial charge in [-0.3, -0.25) is 4.79 Å². The standard InChI is InChI=1S/C15H17ClN2O3/c1-21-15(20)13-10-17-7-8-18(13)14(19)6-5-11-3-2-4-12(16)9-11/h2-6,9,13,17H,7-8,10H2,1H3/b6-5+. The molecule has 1 N–H and O–H groups in total. The van der Waals surface area contributed by atoms with Gasteiger partial charge in [0.25, 0.3) is 0 Å². The largest absolute Gasteiger partial charge is 0.467 e. The minimum Gasteiger partial charge on any atom is -0.467 e. The molecule has 0 aromatic heterocycles. The first kappa shape index (κ1) is 15.5. The molecule has 0 aliphatic carbocycles. The summed E-state index contributed by atoms with van der Waals surface area (Å²) in [5.41, 5.74) is 0.834. The van der Waals surface area contributed by atoms with E-state index in [1.165, 1.54) is 18.1 Å². The summed E-state index contributed by atoms with van der Waals surface area (Å²) in [6, 6.07) is 6.62. The highest BCUT2D eigenvalue weighted by Gasteiger charge is 2.31. The fourth-order valence-electron chi connectivity index (χ4n) is 2.19. The summed E-state index contributed by atoms with van der Waals surface area (Å²) in [5.74, 6) is -0.626. The third kappa shape index (κ3) is 4.06. The number of carbonyl (C=O) groups excluding carboxylic acids is 2. The van der Waals surface area contributed by atoms with Gasteiger partial charge in [0, 0.05) is 30.7 Å². The van der Waals surface area contributed by atoms with E-state index < -0.39 is 12.0 Å². The summed E-state index contributed by atoms with van der Waals surface area (Å²) >= 11 is 5.89. The smallest absolute Gasteiger partial charge is 0.329 e. The van der Waals surface area contributed by atoms with E-state index in [9.17, 15) is 9.59 Å². The number of ether oxygens (including phenoxy) is 1. The molecule has 0 radical (unpaired) electrons. The van der Waals surface area contributed by atoms with Crippen LogP contribution in [0.4, 0.5) is 0 Å². The molecule has 1 saturated heterocycles. The number of hydrogen-bond donors (Lipinski definition) is 1. The summed E-state index contributed by atoms with van der Waals surface area (Å²) < 4.78 is 4.73. The van der Waals surface area contributed by atoms with E-state index in [0.717, 1.165) is 5.56 Å². The highest BCUT2D eigenvalue weighted by atomic mass is 35.5. The number of benzene rings is 1. The lowest BCUT2D eigenvalue weighted by atomic mass is 10.1. The fourth-order valence-corrected chi connectivity index (χ4v) is 2.39. The second-order valence-corrected chi connectivity index (χ2v) is 5.10. The van der Waals surface area contributed by atoms with Gasteiger partial charge in [0.2, 0.25) is 5.91 Å². The Bertz CT molecular complexity index is 560. The number of amides is 1. The molecule has 1 aliphatic heterocycles. The SMILES string of the molecule is COC(=O)C1CNCCN1C(=O)/C=C/c1cccc(Cl)c1. The molecule has 0 spiro atoms. The summed E-state index contributed by atoms with van der Waals surface area (Å²) in [6.07, 6.45) is 3.14. The molecule has 1 aromatic rings. The Balaban J connectivity index is 2.08. The van der Waals surface area contributed by atoms with Gasteiger partial charge < -0.3 is 15.0 Å². The van der Waals surface area contributed by atoms with Crippen molar-refractivity contribution in [3.63, 3.8) is 0 Å². The number of esters is 1. The number of halogens is 1. The lowest BCUT2D eigenvalue weighted by molar-refractivity contribution is -0.152. The zero-order chi connectivity index (χ0) is 15.2. The Morgan fingerprint density at radius 1 is 1.48 bits per heavy atom. The number of nitrogens with one attached hydrogen (secondary N) is 1. The third-order valence-corrected chi connectivity index (χ3v) is 3.50. The van der Waals surface area contributed by atoms with E-state index in [1.54, 1.807) is 18.2 Å². The molecule has 1 amide bonds. The van der Waals surface area contributed by atoms with Crippen LogP contribution in [-0.2, 0) is 14.3 Å². The fraction of sp³-hybridized carbons (Fsp3) is 0.333. The van der Waals surface area contributed by atoms with E-state index in [4.69, 9.17) is 16.3 Å². The minimum atomic E-state index is -0.583. The first-order chi connectivity index (χ1) is 10.1. The van der Waals surface area contributed by atoms with Gasteiger partial charge >= 0.3 is 5.97 Å². The summed E-state index contributed by atoms with van der Waals surface area (Å²) in [4.78, 5) is 25.5. The molecule has 1 atom stereocenters. The lowest BCUT2D eigenvalue weighted by Crippen LogP contribution is -2.56. The molecule has 112 valence electrons. The van der Waals surface area contributed by atoms with Crippen LogP contribution < -0.4 is 5.32 Å². The van der Waals surface area contributed by atoms with Gasteiger partial charge in [-0.2, -0.15) is 0 Å². The molecule has 0 saturated carbocycles. The van der Waals surface area contributed by atoms with E-state index >= 15 is 0 Å². The van der Waals surface area contributed by atoms with Crippen molar-refractivity contribution >= 4 is 29.6 Å². The Morgan fingerprint density at radius 2 is 2.29 bits per heavy atom. The maximum Gasteiger partial charge on any atom is 0.329 e. The van der Waals surface area contributed by atoms with Crippen LogP contribution in [0, 0.1) is 0 Å². The van der Waals surface area contributed by atoms with Crippen molar-refractivity contribution in [1.29, 1.82) is 0 Å². The molecule has 1 unspecified atom stereocenters. The highest BCUT2D eigenvalue weighted by Crippen LogP contribution is 2.13. The molecule has 5 nitrogen and oxygen atoms in total. The van der Waals surface area contributed by atoms with Gasteiger partial charge in [-0.25, -0.2) is 4.79 Å². The molecule has 0 bridgehead atoms. The number of rotatable bonds is 3. The minimum absolute atomic E-state index is 0.216. The van der Waals surface area contributed by atoms with Gasteiger partial charge in [-0.15, -0.1) is 0 Å². The number of nitrogens with zero attached hydrogens (tertiary/aromatic N) is 1. The van der Waals surface area contributed by atoms with Crippen molar-refractivity contribution < 1.29 is 14.3 Å². The Hall–Kier alpha value is -1.85. The molecule has 1 fully saturated rings. The van der Waals surface area contributed by atoms with E-state index in [0.29, 0.717) is 24.7 Å². The van der Waals surface area contributed by atoms with Crippen LogP contribution in [0.2, 0.25) is 5.02 Å². The van der Waals surface area contributed by atoms with Crippen molar-refractivity contribution in [2.24, 2.45) is 0 Å². The van der Waals surface area contributed by atoms with Gasteiger partial charge in [0.15, 0.2) is 0 Å². The second kappa shape index (κ2) is 7.24. The van der Waals surface area contributed by atoms with Crippen molar-refractivity contribution in [2.75, 3.05) is 26.7 Å². The zero-order valence-electron chi connectivity index (χ0n) is 11.7. The molecular weight excluding hydrogens is 292 g/mol. The molecule has 1 aliphatic rings. The Morgan fingerprint density at radius 3 is 3.00 bits per heavy atom. The van der Waals surface area contributed by atoms with Crippen LogP contribution in [0.1, 0.15) is 5.56 Å². The predicted molar refractivity (Wildman–Crippen MR) is 80.9 cm³/mol. The van der Waals surface area contributed by atoms with E-state index in [-0.39, 0.29) is 5.91 Å². The maximum absolute atomic E-state index is 12.3. The van der Waals surface area contributed by atoms with Crippen LogP contribution in [0.25, 0.3) is 6.08 Å². The normalized spacial score (nSPS) is 18.8. The molecule has 1 heterocycles. The summed E-state index contributed by atoms with van der Waals surface area (Å²) in [5, 5.41) is 3.69. The van der Waals surface area contributed by atoms with Gasteiger partial charge in [0.1, 0.15) is 6.04 Å². The van der Waals surface area contributed by atoms with Crippen molar-refractivity contribution in [2.45, 2.75) is 6.04 Å². The van der Waals surface area contributed by atoms with Gasteiger partial charge in [-0.05, 0) is 23.8 Å². The second-order valence-electron chi connectivity index (χ2n) is 4.66. The average Bonchev–Trinajstić information content (AvgIpc) is 2.52. The Kier molecular flexibility index (Phi) is 5.36. The van der Waals surface area contributed by atoms with Crippen LogP contribution in [0.15, 0.2) is 30.3 Å². The quantitative estimate of drug-likeness (QED) is 0.676. The average molecular weight is 309 g/mol. The van der Waals surface area contributed by atoms with Gasteiger partial charge in [0.05, 0.1) is 7.11 Å². The van der Waals surface area contributed by atoms with Crippen LogP contribution in [0.5, 0.6) is 0 Å². The topological polar surface area (TPSA) is 58.6 Å². The molecule has 2 rings (SSSR count). The predicted octanol–water partition coefficient (Wildman–Crippen LogP) is 1.33. The summed E-state index contributed by atoms with van der Waals surface area (Å²) in [7, 11) is 1.32. The maximum atomic E-state index is 12.3. The van der Waals surface area contributed by atoms with E-state index in [1.807, 2.05) is 12.1 Å². The lowest BCUT2D eigenvalue weighted by Gasteiger charge is -2.33. The number of methoxy groups -OCH3 is 1. The first-order valence-electron chi connectivity index (χ1n) is 6.64. The van der Waals surface area contributed by atoms with Crippen molar-refractivity contribution in [1.82, 2.24) is 10.2 Å². The summed E-state index contributed by atoms with van der Waals surface area (Å²) in [6.45, 7) is 1.53. The number of piperazine rings is 1.